The number of para-hydroxylation sites is 2. The minimum atomic E-state index is -0.112. The summed E-state index contributed by atoms with van der Waals surface area (Å²) in [6.45, 7) is 4.54. The number of rotatable bonds is 22. The summed E-state index contributed by atoms with van der Waals surface area (Å²) in [6, 6.07) is 27.5. The minimum absolute atomic E-state index is 0.0587. The van der Waals surface area contributed by atoms with E-state index < -0.39 is 0 Å². The number of imide groups is 1. The molecule has 4 heteroatoms. The predicted molar refractivity (Wildman–Crippen MR) is 224 cm³/mol. The number of amides is 2. The first-order valence-electron chi connectivity index (χ1n) is 21.5. The van der Waals surface area contributed by atoms with E-state index in [2.05, 4.69) is 79.4 Å². The molecule has 0 unspecified atom stereocenters. The Bertz CT molecular complexity index is 1700. The lowest BCUT2D eigenvalue weighted by Crippen LogP contribution is -2.47. The molecule has 6 rings (SSSR count). The van der Waals surface area contributed by atoms with Crippen molar-refractivity contribution in [1.29, 1.82) is 0 Å². The fourth-order valence-corrected chi connectivity index (χ4v) is 8.95. The Morgan fingerprint density at radius 1 is 0.472 bits per heavy atom. The van der Waals surface area contributed by atoms with Crippen molar-refractivity contribution in [2.45, 2.75) is 161 Å². The summed E-state index contributed by atoms with van der Waals surface area (Å²) in [4.78, 5) is 33.3. The van der Waals surface area contributed by atoms with Gasteiger partial charge in [-0.2, -0.15) is 0 Å². The second-order valence-electron chi connectivity index (χ2n) is 15.8. The Labute approximate surface area is 320 Å². The molecule has 0 saturated heterocycles. The summed E-state index contributed by atoms with van der Waals surface area (Å²) in [5, 5.41) is 1.77. The van der Waals surface area contributed by atoms with Crippen LogP contribution in [0.5, 0.6) is 0 Å². The van der Waals surface area contributed by atoms with Gasteiger partial charge in [-0.25, -0.2) is 0 Å². The van der Waals surface area contributed by atoms with Gasteiger partial charge >= 0.3 is 0 Å². The number of hydrogen-bond acceptors (Lipinski definition) is 3. The number of anilines is 3. The molecule has 4 nitrogen and oxygen atoms in total. The highest BCUT2D eigenvalue weighted by Gasteiger charge is 2.38. The van der Waals surface area contributed by atoms with E-state index in [9.17, 15) is 9.59 Å². The number of nitrogens with zero attached hydrogens (tertiary/aromatic N) is 2. The maximum Gasteiger partial charge on any atom is 0.261 e. The molecular formula is C49H64N2O2. The zero-order valence-electron chi connectivity index (χ0n) is 32.9. The van der Waals surface area contributed by atoms with Crippen LogP contribution >= 0.6 is 0 Å². The molecule has 0 N–H and O–H groups in total. The van der Waals surface area contributed by atoms with Gasteiger partial charge in [-0.05, 0) is 67.1 Å². The monoisotopic (exact) mass is 712 g/mol. The molecule has 282 valence electrons. The van der Waals surface area contributed by atoms with E-state index in [-0.39, 0.29) is 17.9 Å². The van der Waals surface area contributed by atoms with Gasteiger partial charge in [0.1, 0.15) is 0 Å². The lowest BCUT2D eigenvalue weighted by Gasteiger charge is -2.35. The second-order valence-corrected chi connectivity index (χ2v) is 15.8. The van der Waals surface area contributed by atoms with Crippen molar-refractivity contribution < 1.29 is 9.59 Å². The third-order valence-electron chi connectivity index (χ3n) is 11.9. The number of hydrogen-bond donors (Lipinski definition) is 0. The molecule has 2 heterocycles. The topological polar surface area (TPSA) is 40.6 Å². The van der Waals surface area contributed by atoms with E-state index in [1.54, 1.807) is 4.90 Å². The number of aryl methyl sites for hydroxylation is 2. The molecule has 0 atom stereocenters. The van der Waals surface area contributed by atoms with Crippen molar-refractivity contribution in [2.75, 3.05) is 4.90 Å². The van der Waals surface area contributed by atoms with Crippen LogP contribution in [0.25, 0.3) is 10.8 Å². The fourth-order valence-electron chi connectivity index (χ4n) is 8.95. The maximum atomic E-state index is 14.6. The average Bonchev–Trinajstić information content (AvgIpc) is 3.35. The lowest BCUT2D eigenvalue weighted by atomic mass is 9.89. The van der Waals surface area contributed by atoms with Crippen LogP contribution in [0.1, 0.15) is 174 Å². The highest BCUT2D eigenvalue weighted by atomic mass is 16.2. The van der Waals surface area contributed by atoms with Crippen LogP contribution in [0, 0.1) is 0 Å². The van der Waals surface area contributed by atoms with Gasteiger partial charge in [-0.15, -0.1) is 0 Å². The number of unbranched alkanes of at least 4 members (excludes halogenated alkanes) is 16. The molecule has 4 aromatic rings. The van der Waals surface area contributed by atoms with E-state index in [0.29, 0.717) is 11.1 Å². The third-order valence-corrected chi connectivity index (χ3v) is 11.9. The summed E-state index contributed by atoms with van der Waals surface area (Å²) >= 11 is 0. The quantitative estimate of drug-likeness (QED) is 0.0602. The van der Waals surface area contributed by atoms with Crippen LogP contribution in [0.4, 0.5) is 17.1 Å². The normalized spacial score (nSPS) is 13.9. The molecule has 0 aliphatic carbocycles. The van der Waals surface area contributed by atoms with Gasteiger partial charge in [0.25, 0.3) is 11.8 Å². The Hall–Kier alpha value is -3.92. The van der Waals surface area contributed by atoms with Gasteiger partial charge in [0.05, 0.1) is 5.69 Å². The van der Waals surface area contributed by atoms with Gasteiger partial charge in [0.15, 0.2) is 0 Å². The molecule has 0 spiro atoms. The van der Waals surface area contributed by atoms with Gasteiger partial charge in [0, 0.05) is 39.3 Å². The summed E-state index contributed by atoms with van der Waals surface area (Å²) < 4.78 is 0. The first kappa shape index (κ1) is 38.8. The molecule has 0 aromatic heterocycles. The smallest absolute Gasteiger partial charge is 0.261 e. The Kier molecular flexibility index (Phi) is 14.6. The molecule has 2 amide bonds. The van der Waals surface area contributed by atoms with Crippen molar-refractivity contribution in [1.82, 2.24) is 4.90 Å². The van der Waals surface area contributed by atoms with Crippen LogP contribution in [0.2, 0.25) is 0 Å². The van der Waals surface area contributed by atoms with Gasteiger partial charge in [-0.3, -0.25) is 14.5 Å². The fraction of sp³-hybridized carbons (Fsp3) is 0.510. The van der Waals surface area contributed by atoms with E-state index in [1.165, 1.54) is 114 Å². The zero-order valence-corrected chi connectivity index (χ0v) is 32.9. The van der Waals surface area contributed by atoms with E-state index in [0.717, 1.165) is 66.4 Å². The number of benzene rings is 4. The molecule has 2 aliphatic heterocycles. The molecule has 0 radical (unpaired) electrons. The Morgan fingerprint density at radius 3 is 1.43 bits per heavy atom. The van der Waals surface area contributed by atoms with Crippen LogP contribution in [0.15, 0.2) is 78.9 Å². The van der Waals surface area contributed by atoms with E-state index in [4.69, 9.17) is 0 Å². The lowest BCUT2D eigenvalue weighted by molar-refractivity contribution is 0.0517. The first-order chi connectivity index (χ1) is 26.1. The first-order valence-corrected chi connectivity index (χ1v) is 21.5. The molecular weight excluding hydrogens is 649 g/mol. The van der Waals surface area contributed by atoms with Crippen molar-refractivity contribution in [3.63, 3.8) is 0 Å². The second kappa shape index (κ2) is 20.0. The van der Waals surface area contributed by atoms with Crippen LogP contribution in [-0.4, -0.2) is 22.8 Å². The Balaban J connectivity index is 1.23. The summed E-state index contributed by atoms with van der Waals surface area (Å²) in [5.74, 6) is -0.225. The predicted octanol–water partition coefficient (Wildman–Crippen LogP) is 14.2. The van der Waals surface area contributed by atoms with Crippen LogP contribution in [0.3, 0.4) is 0 Å². The van der Waals surface area contributed by atoms with E-state index in [1.807, 2.05) is 18.2 Å². The maximum absolute atomic E-state index is 14.6. The van der Waals surface area contributed by atoms with Crippen molar-refractivity contribution in [3.8, 4) is 0 Å². The van der Waals surface area contributed by atoms with Crippen LogP contribution in [-0.2, 0) is 12.8 Å². The molecule has 0 fully saturated rings. The van der Waals surface area contributed by atoms with Crippen LogP contribution < -0.4 is 4.90 Å². The molecule has 2 aliphatic rings. The molecule has 0 saturated carbocycles. The largest absolute Gasteiger partial charge is 0.309 e. The minimum Gasteiger partial charge on any atom is -0.309 e. The average molecular weight is 713 g/mol. The SMILES string of the molecule is CCCCCCCCCCCC(CCCCCCCCCCC)N1C(=O)c2cccc3c(N4c5ccccc5CCc5ccccc54)ccc(c23)C1=O. The Morgan fingerprint density at radius 2 is 0.925 bits per heavy atom. The number of carbonyl (C=O) groups is 2. The zero-order chi connectivity index (χ0) is 36.8. The summed E-state index contributed by atoms with van der Waals surface area (Å²) in [5.41, 5.74) is 7.28. The summed E-state index contributed by atoms with van der Waals surface area (Å²) in [6.07, 6.45) is 26.6. The molecule has 0 bridgehead atoms. The molecule has 53 heavy (non-hydrogen) atoms. The summed E-state index contributed by atoms with van der Waals surface area (Å²) in [7, 11) is 0. The highest BCUT2D eigenvalue weighted by Crippen LogP contribution is 2.46. The number of fused-ring (bicyclic) bond motifs is 2. The van der Waals surface area contributed by atoms with Crippen molar-refractivity contribution in [2.24, 2.45) is 0 Å². The van der Waals surface area contributed by atoms with Gasteiger partial charge in [0.2, 0.25) is 0 Å². The third kappa shape index (κ3) is 9.42. The van der Waals surface area contributed by atoms with Gasteiger partial charge in [-0.1, -0.05) is 178 Å². The van der Waals surface area contributed by atoms with E-state index >= 15 is 0 Å². The standard InChI is InChI=1S/C49H64N2O2/c1-3-5-7-9-11-13-15-17-19-28-40(29-20-18-16-14-12-10-8-6-4-2)50-48(52)42-31-25-30-41-46(37-36-43(47(41)42)49(50)53)51-44-32-23-21-26-38(44)34-35-39-27-22-24-33-45(39)51/h21-27,30-33,36-37,40H,3-20,28-29,34-35H2,1-2H3. The van der Waals surface area contributed by atoms with Crippen molar-refractivity contribution >= 4 is 39.6 Å². The highest BCUT2D eigenvalue weighted by molar-refractivity contribution is 6.27. The molecule has 4 aromatic carbocycles. The number of carbonyl (C=O) groups excluding carboxylic acids is 2. The van der Waals surface area contributed by atoms with Crippen molar-refractivity contribution in [3.05, 3.63) is 101 Å². The van der Waals surface area contributed by atoms with Gasteiger partial charge < -0.3 is 4.90 Å².